The highest BCUT2D eigenvalue weighted by atomic mass is 16.2. The van der Waals surface area contributed by atoms with Crippen LogP contribution in [0.5, 0.6) is 0 Å². The maximum Gasteiger partial charge on any atom is 0.222 e. The standard InChI is InChI=1S/C67H129N5O3/c1-4-7-10-13-16-19-22-25-28-31-34-37-40-43-46-54-65(73)70(61-51-57-68)59-49-50-60-71(66(74)55-47-44-41-38-35-32-29-26-23-20-17-14-11-8-5-2)63-53-64-72(62-52-58-69)67(75)56-48-45-42-39-36-33-30-27-24-21-18-15-12-9-6-3/h25-30H,4-24,31-64,68-69H2,1-3H3. The van der Waals surface area contributed by atoms with Crippen LogP contribution in [0, 0.1) is 0 Å². The Labute approximate surface area is 467 Å². The minimum Gasteiger partial charge on any atom is -0.343 e. The number of hydrogen-bond donors (Lipinski definition) is 2. The second-order valence-electron chi connectivity index (χ2n) is 22.5. The van der Waals surface area contributed by atoms with Gasteiger partial charge in [-0.3, -0.25) is 14.4 Å². The molecule has 0 unspecified atom stereocenters. The van der Waals surface area contributed by atoms with Crippen LogP contribution in [0.15, 0.2) is 36.5 Å². The molecule has 0 spiro atoms. The first-order chi connectivity index (χ1) is 36.9. The van der Waals surface area contributed by atoms with E-state index in [-0.39, 0.29) is 17.7 Å². The van der Waals surface area contributed by atoms with Gasteiger partial charge in [-0.2, -0.15) is 0 Å². The number of allylic oxidation sites excluding steroid dienone is 6. The van der Waals surface area contributed by atoms with Gasteiger partial charge in [0.1, 0.15) is 0 Å². The smallest absolute Gasteiger partial charge is 0.222 e. The lowest BCUT2D eigenvalue weighted by atomic mass is 10.1. The second-order valence-corrected chi connectivity index (χ2v) is 22.5. The minimum absolute atomic E-state index is 0.233. The van der Waals surface area contributed by atoms with Crippen molar-refractivity contribution < 1.29 is 14.4 Å². The third kappa shape index (κ3) is 52.0. The lowest BCUT2D eigenvalue weighted by Gasteiger charge is -2.27. The van der Waals surface area contributed by atoms with Crippen LogP contribution in [-0.4, -0.2) is 84.8 Å². The molecule has 0 saturated carbocycles. The van der Waals surface area contributed by atoms with Crippen LogP contribution in [0.1, 0.15) is 323 Å². The van der Waals surface area contributed by atoms with Crippen LogP contribution < -0.4 is 11.5 Å². The summed E-state index contributed by atoms with van der Waals surface area (Å²) in [6.07, 6.45) is 68.9. The van der Waals surface area contributed by atoms with Crippen LogP contribution in [0.25, 0.3) is 0 Å². The van der Waals surface area contributed by atoms with E-state index in [2.05, 4.69) is 62.1 Å². The van der Waals surface area contributed by atoms with E-state index in [1.54, 1.807) is 0 Å². The van der Waals surface area contributed by atoms with E-state index in [9.17, 15) is 14.4 Å². The van der Waals surface area contributed by atoms with Gasteiger partial charge in [-0.1, -0.05) is 211 Å². The molecule has 0 aromatic rings. The fourth-order valence-electron chi connectivity index (χ4n) is 10.2. The Morgan fingerprint density at radius 2 is 0.453 bits per heavy atom. The Balaban J connectivity index is 5.02. The molecule has 0 rings (SSSR count). The van der Waals surface area contributed by atoms with Crippen molar-refractivity contribution in [3.05, 3.63) is 36.5 Å². The van der Waals surface area contributed by atoms with E-state index in [4.69, 9.17) is 11.5 Å². The molecule has 0 aliphatic carbocycles. The number of nitrogens with zero attached hydrogens (tertiary/aromatic N) is 3. The van der Waals surface area contributed by atoms with E-state index >= 15 is 0 Å². The van der Waals surface area contributed by atoms with Crippen molar-refractivity contribution in [2.24, 2.45) is 11.5 Å². The number of carbonyl (C=O) groups excluding carboxylic acids is 3. The summed E-state index contributed by atoms with van der Waals surface area (Å²) in [6.45, 7) is 12.1. The third-order valence-electron chi connectivity index (χ3n) is 15.2. The van der Waals surface area contributed by atoms with E-state index in [0.29, 0.717) is 65.1 Å². The van der Waals surface area contributed by atoms with E-state index in [1.165, 1.54) is 205 Å². The van der Waals surface area contributed by atoms with Gasteiger partial charge >= 0.3 is 0 Å². The SMILES string of the molecule is CCCCCCCCC=CCCCCCCCC(=O)N(CCCN)CCCCN(CCCN(CCCN)C(=O)CCCCCCCC=CCCCCCCCC)C(=O)CCCCCCCC=CCCCCCCCC. The minimum atomic E-state index is 0.233. The average Bonchev–Trinajstić information content (AvgIpc) is 3.41. The van der Waals surface area contributed by atoms with Crippen LogP contribution in [-0.2, 0) is 14.4 Å². The summed E-state index contributed by atoms with van der Waals surface area (Å²) in [4.78, 5) is 46.9. The van der Waals surface area contributed by atoms with Gasteiger partial charge in [0, 0.05) is 58.5 Å². The first kappa shape index (κ1) is 72.5. The fourth-order valence-corrected chi connectivity index (χ4v) is 10.2. The van der Waals surface area contributed by atoms with Gasteiger partial charge in [0.25, 0.3) is 0 Å². The summed E-state index contributed by atoms with van der Waals surface area (Å²) in [7, 11) is 0. The number of amides is 3. The summed E-state index contributed by atoms with van der Waals surface area (Å²) in [5.41, 5.74) is 11.9. The van der Waals surface area contributed by atoms with Gasteiger partial charge in [-0.05, 0) is 142 Å². The lowest BCUT2D eigenvalue weighted by Crippen LogP contribution is -2.38. The molecule has 0 radical (unpaired) electrons. The molecule has 0 aromatic carbocycles. The van der Waals surface area contributed by atoms with Crippen LogP contribution in [0.2, 0.25) is 0 Å². The van der Waals surface area contributed by atoms with Gasteiger partial charge in [0.2, 0.25) is 17.7 Å². The van der Waals surface area contributed by atoms with Gasteiger partial charge in [0.05, 0.1) is 0 Å². The molecule has 0 aromatic heterocycles. The Kier molecular flexibility index (Phi) is 58.8. The predicted molar refractivity (Wildman–Crippen MR) is 329 cm³/mol. The van der Waals surface area contributed by atoms with E-state index < -0.39 is 0 Å². The number of rotatable bonds is 60. The predicted octanol–water partition coefficient (Wildman–Crippen LogP) is 18.5. The normalized spacial score (nSPS) is 11.8. The maximum absolute atomic E-state index is 13.9. The summed E-state index contributed by atoms with van der Waals surface area (Å²) in [5, 5.41) is 0. The molecule has 0 atom stereocenters. The van der Waals surface area contributed by atoms with Crippen molar-refractivity contribution in [1.29, 1.82) is 0 Å². The zero-order valence-electron chi connectivity index (χ0n) is 50.6. The average molecular weight is 1050 g/mol. The molecule has 0 fully saturated rings. The number of unbranched alkanes of at least 4 members (excludes halogenated alkanes) is 34. The third-order valence-corrected chi connectivity index (χ3v) is 15.2. The van der Waals surface area contributed by atoms with Gasteiger partial charge in [0.15, 0.2) is 0 Å². The van der Waals surface area contributed by atoms with Crippen LogP contribution in [0.4, 0.5) is 0 Å². The molecular formula is C67H129N5O3. The largest absolute Gasteiger partial charge is 0.343 e. The zero-order valence-corrected chi connectivity index (χ0v) is 50.6. The molecule has 4 N–H and O–H groups in total. The van der Waals surface area contributed by atoms with E-state index in [1.807, 2.05) is 9.80 Å². The highest BCUT2D eigenvalue weighted by molar-refractivity contribution is 5.77. The Bertz CT molecular complexity index is 1300. The molecule has 0 heterocycles. The highest BCUT2D eigenvalue weighted by Crippen LogP contribution is 2.16. The molecule has 75 heavy (non-hydrogen) atoms. The summed E-state index contributed by atoms with van der Waals surface area (Å²) >= 11 is 0. The van der Waals surface area contributed by atoms with Gasteiger partial charge in [-0.25, -0.2) is 0 Å². The molecule has 0 aliphatic rings. The Hall–Kier alpha value is -2.45. The topological polar surface area (TPSA) is 113 Å². The lowest BCUT2D eigenvalue weighted by molar-refractivity contribution is -0.133. The van der Waals surface area contributed by atoms with E-state index in [0.717, 1.165) is 83.6 Å². The molecular weight excluding hydrogens is 923 g/mol. The van der Waals surface area contributed by atoms with Crippen molar-refractivity contribution in [2.75, 3.05) is 52.4 Å². The molecule has 8 heteroatoms. The molecule has 8 nitrogen and oxygen atoms in total. The number of nitrogens with two attached hydrogens (primary N) is 2. The quantitative estimate of drug-likeness (QED) is 0.0465. The molecule has 0 aliphatic heterocycles. The Morgan fingerprint density at radius 1 is 0.253 bits per heavy atom. The van der Waals surface area contributed by atoms with Gasteiger partial charge < -0.3 is 26.2 Å². The zero-order chi connectivity index (χ0) is 54.6. The molecule has 440 valence electrons. The van der Waals surface area contributed by atoms with Crippen molar-refractivity contribution in [2.45, 2.75) is 323 Å². The first-order valence-electron chi connectivity index (χ1n) is 33.1. The van der Waals surface area contributed by atoms with Crippen molar-refractivity contribution >= 4 is 17.7 Å². The Morgan fingerprint density at radius 3 is 0.693 bits per heavy atom. The first-order valence-corrected chi connectivity index (χ1v) is 33.1. The van der Waals surface area contributed by atoms with Gasteiger partial charge in [-0.15, -0.1) is 0 Å². The summed E-state index contributed by atoms with van der Waals surface area (Å²) < 4.78 is 0. The van der Waals surface area contributed by atoms with Crippen LogP contribution in [0.3, 0.4) is 0 Å². The summed E-state index contributed by atoms with van der Waals surface area (Å²) in [5.74, 6) is 0.722. The molecule has 3 amide bonds. The monoisotopic (exact) mass is 1050 g/mol. The van der Waals surface area contributed by atoms with Crippen LogP contribution >= 0.6 is 0 Å². The van der Waals surface area contributed by atoms with Crippen molar-refractivity contribution in [1.82, 2.24) is 14.7 Å². The number of carbonyl (C=O) groups is 3. The molecule has 0 bridgehead atoms. The van der Waals surface area contributed by atoms with Crippen molar-refractivity contribution in [3.8, 4) is 0 Å². The number of hydrogen-bond acceptors (Lipinski definition) is 5. The van der Waals surface area contributed by atoms with Crippen molar-refractivity contribution in [3.63, 3.8) is 0 Å². The highest BCUT2D eigenvalue weighted by Gasteiger charge is 2.18. The molecule has 0 saturated heterocycles. The second kappa shape index (κ2) is 60.8. The fraction of sp³-hybridized carbons (Fsp3) is 0.866. The maximum atomic E-state index is 13.9. The summed E-state index contributed by atoms with van der Waals surface area (Å²) in [6, 6.07) is 0.